The van der Waals surface area contributed by atoms with Gasteiger partial charge in [-0.2, -0.15) is 0 Å². The molecule has 2 N–H and O–H groups in total. The minimum absolute atomic E-state index is 0.00970. The molecule has 0 aromatic carbocycles. The van der Waals surface area contributed by atoms with Crippen LogP contribution >= 0.6 is 11.3 Å². The molecule has 2 rings (SSSR count). The lowest BCUT2D eigenvalue weighted by Gasteiger charge is -2.40. The SMILES string of the molecule is COC1(CNS(=O)(=O)c2cc(C(=O)O)cs2)CCC1. The van der Waals surface area contributed by atoms with Crippen LogP contribution in [0, 0.1) is 0 Å². The van der Waals surface area contributed by atoms with Gasteiger partial charge in [0, 0.05) is 19.0 Å². The summed E-state index contributed by atoms with van der Waals surface area (Å²) in [6.45, 7) is 0.214. The van der Waals surface area contributed by atoms with Crippen LogP contribution in [-0.4, -0.2) is 38.7 Å². The van der Waals surface area contributed by atoms with Crippen LogP contribution in [0.2, 0.25) is 0 Å². The third-order valence-electron chi connectivity index (χ3n) is 3.37. The van der Waals surface area contributed by atoms with Crippen molar-refractivity contribution >= 4 is 27.3 Å². The van der Waals surface area contributed by atoms with Crippen LogP contribution in [0.25, 0.3) is 0 Å². The van der Waals surface area contributed by atoms with Gasteiger partial charge in [-0.1, -0.05) is 0 Å². The normalized spacial score (nSPS) is 17.9. The fourth-order valence-electron chi connectivity index (χ4n) is 1.89. The highest BCUT2D eigenvalue weighted by Gasteiger charge is 2.38. The number of carbonyl (C=O) groups is 1. The van der Waals surface area contributed by atoms with Gasteiger partial charge in [-0.05, 0) is 25.3 Å². The Morgan fingerprint density at radius 2 is 2.26 bits per heavy atom. The van der Waals surface area contributed by atoms with E-state index in [1.807, 2.05) is 0 Å². The summed E-state index contributed by atoms with van der Waals surface area (Å²) in [5, 5.41) is 10.1. The van der Waals surface area contributed by atoms with Crippen molar-refractivity contribution in [3.8, 4) is 0 Å². The first kappa shape index (κ1) is 14.4. The molecule has 1 saturated carbocycles. The van der Waals surface area contributed by atoms with Gasteiger partial charge in [-0.15, -0.1) is 11.3 Å². The van der Waals surface area contributed by atoms with Crippen molar-refractivity contribution in [2.24, 2.45) is 0 Å². The quantitative estimate of drug-likeness (QED) is 0.826. The van der Waals surface area contributed by atoms with Crippen molar-refractivity contribution < 1.29 is 23.1 Å². The van der Waals surface area contributed by atoms with Gasteiger partial charge in [0.05, 0.1) is 11.2 Å². The van der Waals surface area contributed by atoms with Crippen molar-refractivity contribution in [1.82, 2.24) is 4.72 Å². The molecule has 0 amide bonds. The Labute approximate surface area is 115 Å². The Morgan fingerprint density at radius 3 is 2.68 bits per heavy atom. The highest BCUT2D eigenvalue weighted by atomic mass is 32.2. The van der Waals surface area contributed by atoms with Crippen LogP contribution in [0.5, 0.6) is 0 Å². The number of rotatable bonds is 6. The minimum atomic E-state index is -3.67. The molecule has 1 aromatic heterocycles. The van der Waals surface area contributed by atoms with Gasteiger partial charge >= 0.3 is 5.97 Å². The molecule has 0 unspecified atom stereocenters. The maximum atomic E-state index is 12.0. The van der Waals surface area contributed by atoms with E-state index in [0.29, 0.717) is 0 Å². The summed E-state index contributed by atoms with van der Waals surface area (Å²) >= 11 is 0.897. The Morgan fingerprint density at radius 1 is 1.58 bits per heavy atom. The number of aromatic carboxylic acids is 1. The van der Waals surface area contributed by atoms with E-state index in [1.165, 1.54) is 5.38 Å². The molecule has 1 fully saturated rings. The van der Waals surface area contributed by atoms with Crippen molar-refractivity contribution in [2.45, 2.75) is 29.1 Å². The first-order valence-electron chi connectivity index (χ1n) is 5.75. The Balaban J connectivity index is 2.07. The Bertz CT molecular complexity index is 568. The fraction of sp³-hybridized carbons (Fsp3) is 0.545. The lowest BCUT2D eigenvalue weighted by molar-refractivity contribution is -0.0659. The summed E-state index contributed by atoms with van der Waals surface area (Å²) in [5.41, 5.74) is -0.421. The number of carboxylic acid groups (broad SMARTS) is 1. The van der Waals surface area contributed by atoms with E-state index in [2.05, 4.69) is 4.72 Å². The van der Waals surface area contributed by atoms with E-state index in [1.54, 1.807) is 7.11 Å². The molecule has 0 saturated heterocycles. The molecule has 8 heteroatoms. The molecule has 0 atom stereocenters. The van der Waals surface area contributed by atoms with E-state index < -0.39 is 21.6 Å². The van der Waals surface area contributed by atoms with Crippen LogP contribution in [0.3, 0.4) is 0 Å². The van der Waals surface area contributed by atoms with E-state index in [-0.39, 0.29) is 16.3 Å². The average Bonchev–Trinajstić information content (AvgIpc) is 2.78. The van der Waals surface area contributed by atoms with Gasteiger partial charge in [0.25, 0.3) is 0 Å². The lowest BCUT2D eigenvalue weighted by Crippen LogP contribution is -2.49. The van der Waals surface area contributed by atoms with Gasteiger partial charge < -0.3 is 9.84 Å². The Hall–Kier alpha value is -0.960. The standard InChI is InChI=1S/C11H15NO5S2/c1-17-11(3-2-4-11)7-12-19(15,16)9-5-8(6-18-9)10(13)14/h5-6,12H,2-4,7H2,1H3,(H,13,14). The van der Waals surface area contributed by atoms with Crippen LogP contribution in [0.15, 0.2) is 15.7 Å². The third-order valence-corrected chi connectivity index (χ3v) is 6.21. The summed E-state index contributed by atoms with van der Waals surface area (Å²) < 4.78 is 31.9. The van der Waals surface area contributed by atoms with Crippen LogP contribution in [0.1, 0.15) is 29.6 Å². The predicted molar refractivity (Wildman–Crippen MR) is 70.1 cm³/mol. The second-order valence-corrected chi connectivity index (χ2v) is 7.43. The molecule has 1 aliphatic rings. The van der Waals surface area contributed by atoms with E-state index in [9.17, 15) is 13.2 Å². The maximum Gasteiger partial charge on any atom is 0.336 e. The zero-order valence-electron chi connectivity index (χ0n) is 10.4. The number of hydrogen-bond acceptors (Lipinski definition) is 5. The first-order chi connectivity index (χ1) is 8.88. The summed E-state index contributed by atoms with van der Waals surface area (Å²) in [4.78, 5) is 10.7. The molecule has 0 aliphatic heterocycles. The van der Waals surface area contributed by atoms with Gasteiger partial charge in [-0.3, -0.25) is 0 Å². The molecular weight excluding hydrogens is 290 g/mol. The predicted octanol–water partition coefficient (Wildman–Crippen LogP) is 1.29. The van der Waals surface area contributed by atoms with Crippen LogP contribution in [-0.2, 0) is 14.8 Å². The van der Waals surface area contributed by atoms with Gasteiger partial charge in [0.2, 0.25) is 10.0 Å². The molecule has 19 heavy (non-hydrogen) atoms. The second-order valence-electron chi connectivity index (χ2n) is 4.52. The fourth-order valence-corrected chi connectivity index (χ4v) is 4.20. The number of methoxy groups -OCH3 is 1. The molecule has 1 aromatic rings. The van der Waals surface area contributed by atoms with Crippen LogP contribution < -0.4 is 4.72 Å². The van der Waals surface area contributed by atoms with Crippen molar-refractivity contribution in [3.63, 3.8) is 0 Å². The molecule has 0 bridgehead atoms. The molecule has 0 spiro atoms. The zero-order chi connectivity index (χ0) is 14.1. The summed E-state index contributed by atoms with van der Waals surface area (Å²) in [7, 11) is -2.10. The molecular formula is C11H15NO5S2. The Kier molecular flexibility index (Phi) is 3.95. The van der Waals surface area contributed by atoms with E-state index >= 15 is 0 Å². The molecule has 0 radical (unpaired) electrons. The lowest BCUT2D eigenvalue weighted by atomic mass is 9.80. The van der Waals surface area contributed by atoms with Crippen molar-refractivity contribution in [3.05, 3.63) is 17.0 Å². The van der Waals surface area contributed by atoms with Crippen molar-refractivity contribution in [2.75, 3.05) is 13.7 Å². The summed E-state index contributed by atoms with van der Waals surface area (Å²) in [6, 6.07) is 1.16. The number of sulfonamides is 1. The van der Waals surface area contributed by atoms with Gasteiger partial charge in [0.15, 0.2) is 0 Å². The first-order valence-corrected chi connectivity index (χ1v) is 8.11. The van der Waals surface area contributed by atoms with Gasteiger partial charge in [-0.25, -0.2) is 17.9 Å². The number of thiophene rings is 1. The van der Waals surface area contributed by atoms with E-state index in [4.69, 9.17) is 9.84 Å². The molecule has 1 aliphatic carbocycles. The third kappa shape index (κ3) is 2.97. The van der Waals surface area contributed by atoms with Gasteiger partial charge in [0.1, 0.15) is 4.21 Å². The van der Waals surface area contributed by atoms with Crippen molar-refractivity contribution in [1.29, 1.82) is 0 Å². The molecule has 6 nitrogen and oxygen atoms in total. The minimum Gasteiger partial charge on any atom is -0.478 e. The largest absolute Gasteiger partial charge is 0.478 e. The molecule has 106 valence electrons. The highest BCUT2D eigenvalue weighted by Crippen LogP contribution is 2.34. The summed E-state index contributed by atoms with van der Waals surface area (Å²) in [6.07, 6.45) is 2.69. The number of nitrogens with one attached hydrogen (secondary N) is 1. The summed E-state index contributed by atoms with van der Waals surface area (Å²) in [5.74, 6) is -1.13. The number of hydrogen-bond donors (Lipinski definition) is 2. The maximum absolute atomic E-state index is 12.0. The number of carboxylic acids is 1. The average molecular weight is 305 g/mol. The monoisotopic (exact) mass is 305 g/mol. The highest BCUT2D eigenvalue weighted by molar-refractivity contribution is 7.91. The van der Waals surface area contributed by atoms with Crippen LogP contribution in [0.4, 0.5) is 0 Å². The zero-order valence-corrected chi connectivity index (χ0v) is 12.0. The second kappa shape index (κ2) is 5.20. The number of ether oxygens (including phenoxy) is 1. The van der Waals surface area contributed by atoms with E-state index in [0.717, 1.165) is 36.7 Å². The smallest absolute Gasteiger partial charge is 0.336 e. The topological polar surface area (TPSA) is 92.7 Å². The molecule has 1 heterocycles.